The van der Waals surface area contributed by atoms with Gasteiger partial charge in [-0.3, -0.25) is 14.2 Å². The zero-order valence-corrected chi connectivity index (χ0v) is 15.1. The van der Waals surface area contributed by atoms with Gasteiger partial charge in [0.25, 0.3) is 0 Å². The van der Waals surface area contributed by atoms with Crippen LogP contribution in [0, 0.1) is 12.7 Å². The summed E-state index contributed by atoms with van der Waals surface area (Å²) in [6, 6.07) is 3.35. The molecule has 0 unspecified atom stereocenters. The van der Waals surface area contributed by atoms with Crippen molar-refractivity contribution in [2.45, 2.75) is 20.4 Å². The highest BCUT2D eigenvalue weighted by molar-refractivity contribution is 6.02. The van der Waals surface area contributed by atoms with Gasteiger partial charge < -0.3 is 10.7 Å². The molecule has 0 aliphatic rings. The Morgan fingerprint density at radius 2 is 2.15 bits per heavy atom. The lowest BCUT2D eigenvalue weighted by atomic mass is 10.1. The van der Waals surface area contributed by atoms with Crippen molar-refractivity contribution in [3.63, 3.8) is 0 Å². The second kappa shape index (κ2) is 6.04. The van der Waals surface area contributed by atoms with E-state index in [0.29, 0.717) is 40.6 Å². The number of benzene rings is 1. The monoisotopic (exact) mass is 367 g/mol. The predicted octanol–water partition coefficient (Wildman–Crippen LogP) is 2.39. The maximum Gasteiger partial charge on any atom is 0.248 e. The molecule has 9 heteroatoms. The summed E-state index contributed by atoms with van der Waals surface area (Å²) in [7, 11) is 1.78. The molecule has 8 nitrogen and oxygen atoms in total. The summed E-state index contributed by atoms with van der Waals surface area (Å²) in [4.78, 5) is 19.3. The Labute approximate surface area is 153 Å². The van der Waals surface area contributed by atoms with E-state index in [0.717, 1.165) is 10.9 Å². The van der Waals surface area contributed by atoms with E-state index in [1.807, 2.05) is 6.92 Å². The van der Waals surface area contributed by atoms with Crippen LogP contribution in [0.3, 0.4) is 0 Å². The number of nitrogens with two attached hydrogens (primary N) is 1. The molecule has 0 saturated heterocycles. The lowest BCUT2D eigenvalue weighted by Crippen LogP contribution is -2.11. The van der Waals surface area contributed by atoms with Crippen molar-refractivity contribution in [1.82, 2.24) is 29.5 Å². The number of rotatable bonds is 4. The van der Waals surface area contributed by atoms with Crippen LogP contribution in [0.5, 0.6) is 0 Å². The molecule has 0 radical (unpaired) electrons. The number of hydrogen-bond acceptors (Lipinski definition) is 4. The number of nitrogens with zero attached hydrogens (tertiary/aromatic N) is 5. The molecular weight excluding hydrogens is 349 g/mol. The number of amides is 1. The van der Waals surface area contributed by atoms with Crippen molar-refractivity contribution < 1.29 is 9.18 Å². The first-order chi connectivity index (χ1) is 12.9. The van der Waals surface area contributed by atoms with Crippen LogP contribution in [-0.2, 0) is 13.6 Å². The van der Waals surface area contributed by atoms with Crippen molar-refractivity contribution in [3.05, 3.63) is 41.6 Å². The van der Waals surface area contributed by atoms with Crippen molar-refractivity contribution >= 4 is 16.8 Å². The van der Waals surface area contributed by atoms with Gasteiger partial charge in [-0.25, -0.2) is 9.37 Å². The summed E-state index contributed by atoms with van der Waals surface area (Å²) >= 11 is 0. The molecule has 0 aliphatic heterocycles. The highest BCUT2D eigenvalue weighted by Gasteiger charge is 2.20. The number of H-pyrrole nitrogens is 1. The van der Waals surface area contributed by atoms with Gasteiger partial charge >= 0.3 is 0 Å². The standard InChI is InChI=1S/C18H18FN7O/c1-4-26-16(15(19)9(2)24-26)13-8-21-18(23-13)11-5-10(17(20)27)6-14-12(11)7-22-25(14)3/h5-8H,4H2,1-3H3,(H2,20,27)(H,21,23). The van der Waals surface area contributed by atoms with Gasteiger partial charge in [0.1, 0.15) is 17.2 Å². The SMILES string of the molecule is CCn1nc(C)c(F)c1-c1c[nH]c(-c2cc(C(N)=O)cc3c2cnn3C)n1. The smallest absolute Gasteiger partial charge is 0.248 e. The maximum atomic E-state index is 14.5. The van der Waals surface area contributed by atoms with E-state index in [1.54, 1.807) is 47.9 Å². The van der Waals surface area contributed by atoms with Gasteiger partial charge in [-0.05, 0) is 26.0 Å². The van der Waals surface area contributed by atoms with E-state index in [1.165, 1.54) is 0 Å². The second-order valence-corrected chi connectivity index (χ2v) is 6.29. The normalized spacial score (nSPS) is 11.4. The minimum atomic E-state index is -0.545. The van der Waals surface area contributed by atoms with Gasteiger partial charge in [0, 0.05) is 36.3 Å². The van der Waals surface area contributed by atoms with E-state index in [2.05, 4.69) is 20.2 Å². The van der Waals surface area contributed by atoms with E-state index in [-0.39, 0.29) is 0 Å². The summed E-state index contributed by atoms with van der Waals surface area (Å²) in [6.07, 6.45) is 3.32. The Bertz CT molecular complexity index is 1180. The largest absolute Gasteiger partial charge is 0.366 e. The molecule has 0 saturated carbocycles. The van der Waals surface area contributed by atoms with Crippen molar-refractivity contribution in [3.8, 4) is 22.8 Å². The van der Waals surface area contributed by atoms with Gasteiger partial charge in [-0.1, -0.05) is 0 Å². The first-order valence-corrected chi connectivity index (χ1v) is 8.45. The van der Waals surface area contributed by atoms with E-state index in [9.17, 15) is 9.18 Å². The number of halogens is 1. The molecule has 138 valence electrons. The third-order valence-corrected chi connectivity index (χ3v) is 4.58. The fourth-order valence-corrected chi connectivity index (χ4v) is 3.20. The number of imidazole rings is 1. The number of aryl methyl sites for hydroxylation is 3. The average molecular weight is 367 g/mol. The lowest BCUT2D eigenvalue weighted by Gasteiger charge is -2.04. The molecule has 3 N–H and O–H groups in total. The minimum absolute atomic E-state index is 0.321. The number of carbonyl (C=O) groups is 1. The zero-order valence-electron chi connectivity index (χ0n) is 15.1. The lowest BCUT2D eigenvalue weighted by molar-refractivity contribution is 0.100. The zero-order chi connectivity index (χ0) is 19.3. The molecule has 0 atom stereocenters. The Morgan fingerprint density at radius 3 is 2.85 bits per heavy atom. The first-order valence-electron chi connectivity index (χ1n) is 8.45. The summed E-state index contributed by atoms with van der Waals surface area (Å²) in [6.45, 7) is 4.03. The Hall–Kier alpha value is -3.49. The Kier molecular flexibility index (Phi) is 3.79. The van der Waals surface area contributed by atoms with Crippen LogP contribution in [0.25, 0.3) is 33.7 Å². The quantitative estimate of drug-likeness (QED) is 0.577. The molecule has 1 aromatic carbocycles. The van der Waals surface area contributed by atoms with Crippen LogP contribution in [0.4, 0.5) is 4.39 Å². The average Bonchev–Trinajstić information content (AvgIpc) is 3.33. The molecule has 0 aliphatic carbocycles. The molecule has 3 heterocycles. The van der Waals surface area contributed by atoms with Crippen molar-refractivity contribution in [2.75, 3.05) is 0 Å². The predicted molar refractivity (Wildman–Crippen MR) is 98.4 cm³/mol. The minimum Gasteiger partial charge on any atom is -0.366 e. The van der Waals surface area contributed by atoms with Gasteiger partial charge in [0.2, 0.25) is 5.91 Å². The van der Waals surface area contributed by atoms with Gasteiger partial charge in [-0.2, -0.15) is 10.2 Å². The molecule has 0 bridgehead atoms. The number of nitrogens with one attached hydrogen (secondary N) is 1. The van der Waals surface area contributed by atoms with Crippen LogP contribution < -0.4 is 5.73 Å². The molecular formula is C18H18FN7O. The molecule has 27 heavy (non-hydrogen) atoms. The maximum absolute atomic E-state index is 14.5. The Morgan fingerprint density at radius 1 is 1.37 bits per heavy atom. The fraction of sp³-hybridized carbons (Fsp3) is 0.222. The number of fused-ring (bicyclic) bond motifs is 1. The molecule has 4 rings (SSSR count). The van der Waals surface area contributed by atoms with E-state index in [4.69, 9.17) is 5.73 Å². The van der Waals surface area contributed by atoms with Crippen molar-refractivity contribution in [1.29, 1.82) is 0 Å². The van der Waals surface area contributed by atoms with Crippen LogP contribution >= 0.6 is 0 Å². The molecule has 4 aromatic rings. The van der Waals surface area contributed by atoms with E-state index >= 15 is 0 Å². The number of aromatic nitrogens is 6. The second-order valence-electron chi connectivity index (χ2n) is 6.29. The summed E-state index contributed by atoms with van der Waals surface area (Å²) < 4.78 is 17.8. The van der Waals surface area contributed by atoms with Crippen LogP contribution in [0.2, 0.25) is 0 Å². The van der Waals surface area contributed by atoms with Gasteiger partial charge in [0.15, 0.2) is 5.82 Å². The summed E-state index contributed by atoms with van der Waals surface area (Å²) in [5.41, 5.74) is 8.31. The third-order valence-electron chi connectivity index (χ3n) is 4.58. The van der Waals surface area contributed by atoms with Crippen molar-refractivity contribution in [2.24, 2.45) is 12.8 Å². The molecule has 0 fully saturated rings. The number of hydrogen-bond donors (Lipinski definition) is 2. The first kappa shape index (κ1) is 17.0. The number of primary amides is 1. The third kappa shape index (κ3) is 2.59. The van der Waals surface area contributed by atoms with Gasteiger partial charge in [0.05, 0.1) is 17.4 Å². The van der Waals surface area contributed by atoms with Crippen LogP contribution in [0.1, 0.15) is 23.0 Å². The molecule has 3 aromatic heterocycles. The fourth-order valence-electron chi connectivity index (χ4n) is 3.20. The summed E-state index contributed by atoms with van der Waals surface area (Å²) in [5.74, 6) is -0.448. The molecule has 1 amide bonds. The van der Waals surface area contributed by atoms with E-state index < -0.39 is 11.7 Å². The number of aromatic amines is 1. The summed E-state index contributed by atoms with van der Waals surface area (Å²) in [5, 5.41) is 9.24. The highest BCUT2D eigenvalue weighted by atomic mass is 19.1. The van der Waals surface area contributed by atoms with Crippen LogP contribution in [-0.4, -0.2) is 35.4 Å². The topological polar surface area (TPSA) is 107 Å². The number of carbonyl (C=O) groups excluding carboxylic acids is 1. The van der Waals surface area contributed by atoms with Gasteiger partial charge in [-0.15, -0.1) is 0 Å². The van der Waals surface area contributed by atoms with Crippen LogP contribution in [0.15, 0.2) is 24.5 Å². The highest BCUT2D eigenvalue weighted by Crippen LogP contribution is 2.31. The Balaban J connectivity index is 1.91. The molecule has 0 spiro atoms.